The number of benzene rings is 1. The molecule has 0 bridgehead atoms. The van der Waals surface area contributed by atoms with Crippen LogP contribution in [0.5, 0.6) is 0 Å². The van der Waals surface area contributed by atoms with Crippen LogP contribution in [0.3, 0.4) is 0 Å². The Morgan fingerprint density at radius 3 is 2.45 bits per heavy atom. The normalized spacial score (nSPS) is 21.4. The number of piperidine rings is 1. The molecule has 5 nitrogen and oxygen atoms in total. The number of carbonyl (C=O) groups is 1. The van der Waals surface area contributed by atoms with Crippen molar-refractivity contribution in [3.05, 3.63) is 29.3 Å². The van der Waals surface area contributed by atoms with Crippen LogP contribution in [0.15, 0.2) is 18.2 Å². The lowest BCUT2D eigenvalue weighted by atomic mass is 9.70. The average Bonchev–Trinajstić information content (AvgIpc) is 3.10. The highest BCUT2D eigenvalue weighted by atomic mass is 19.4. The van der Waals surface area contributed by atoms with Gasteiger partial charge in [-0.3, -0.25) is 4.79 Å². The second kappa shape index (κ2) is 8.34. The molecule has 1 amide bonds. The van der Waals surface area contributed by atoms with Crippen LogP contribution in [0.25, 0.3) is 0 Å². The van der Waals surface area contributed by atoms with E-state index in [0.717, 1.165) is 12.5 Å². The molecule has 2 aliphatic rings. The van der Waals surface area contributed by atoms with E-state index >= 15 is 0 Å². The molecule has 8 heteroatoms. The molecule has 0 radical (unpaired) electrons. The number of nitrogens with zero attached hydrogens (tertiary/aromatic N) is 3. The fourth-order valence-electron chi connectivity index (χ4n) is 4.84. The number of hydrogen-bond donors (Lipinski definition) is 1. The molecule has 1 unspecified atom stereocenters. The third kappa shape index (κ3) is 4.38. The number of aliphatic hydroxyl groups is 1. The summed E-state index contributed by atoms with van der Waals surface area (Å²) in [4.78, 5) is 16.6. The fraction of sp³-hybridized carbons (Fsp3) is 0.652. The van der Waals surface area contributed by atoms with Crippen LogP contribution in [-0.2, 0) is 11.0 Å². The predicted molar refractivity (Wildman–Crippen MR) is 111 cm³/mol. The Morgan fingerprint density at radius 1 is 1.29 bits per heavy atom. The van der Waals surface area contributed by atoms with Gasteiger partial charge in [-0.05, 0) is 42.9 Å². The van der Waals surface area contributed by atoms with E-state index in [1.54, 1.807) is 12.1 Å². The topological polar surface area (TPSA) is 67.6 Å². The Labute approximate surface area is 181 Å². The second-order valence-corrected chi connectivity index (χ2v) is 9.49. The number of carbonyl (C=O) groups excluding carboxylic acids is 1. The summed E-state index contributed by atoms with van der Waals surface area (Å²) in [5, 5.41) is 19.1. The zero-order valence-electron chi connectivity index (χ0n) is 18.3. The number of amides is 1. The molecule has 2 heterocycles. The minimum Gasteiger partial charge on any atom is -0.396 e. The summed E-state index contributed by atoms with van der Waals surface area (Å²) in [5.74, 6) is 0.0519. The minimum absolute atomic E-state index is 0.0483. The van der Waals surface area contributed by atoms with Gasteiger partial charge in [0.1, 0.15) is 0 Å². The smallest absolute Gasteiger partial charge is 0.396 e. The molecule has 0 aliphatic carbocycles. The largest absolute Gasteiger partial charge is 0.417 e. The van der Waals surface area contributed by atoms with Gasteiger partial charge in [-0.1, -0.05) is 20.8 Å². The number of rotatable bonds is 4. The van der Waals surface area contributed by atoms with Gasteiger partial charge in [-0.15, -0.1) is 0 Å². The summed E-state index contributed by atoms with van der Waals surface area (Å²) >= 11 is 0. The molecule has 3 rings (SSSR count). The number of aliphatic hydroxyl groups excluding tert-OH is 1. The number of likely N-dealkylation sites (tertiary alicyclic amines) is 1. The molecule has 170 valence electrons. The van der Waals surface area contributed by atoms with E-state index in [-0.39, 0.29) is 23.8 Å². The highest BCUT2D eigenvalue weighted by Crippen LogP contribution is 2.47. The van der Waals surface area contributed by atoms with Crippen LogP contribution in [0.1, 0.15) is 51.2 Å². The molecule has 2 aliphatic heterocycles. The Kier molecular flexibility index (Phi) is 6.30. The van der Waals surface area contributed by atoms with E-state index in [0.29, 0.717) is 44.7 Å². The van der Waals surface area contributed by atoms with Gasteiger partial charge >= 0.3 is 6.18 Å². The quantitative estimate of drug-likeness (QED) is 0.772. The molecule has 0 saturated carbocycles. The van der Waals surface area contributed by atoms with Crippen LogP contribution in [0.2, 0.25) is 0 Å². The van der Waals surface area contributed by atoms with Crippen molar-refractivity contribution in [1.29, 1.82) is 5.26 Å². The molecule has 2 fully saturated rings. The predicted octanol–water partition coefficient (Wildman–Crippen LogP) is 4.05. The van der Waals surface area contributed by atoms with Gasteiger partial charge in [-0.2, -0.15) is 18.4 Å². The van der Waals surface area contributed by atoms with Crippen LogP contribution in [0.4, 0.5) is 18.9 Å². The maximum atomic E-state index is 13.4. The van der Waals surface area contributed by atoms with E-state index in [4.69, 9.17) is 5.26 Å². The van der Waals surface area contributed by atoms with Gasteiger partial charge in [0.15, 0.2) is 0 Å². The van der Waals surface area contributed by atoms with Gasteiger partial charge < -0.3 is 14.9 Å². The third-order valence-electron chi connectivity index (χ3n) is 7.34. The van der Waals surface area contributed by atoms with Crippen molar-refractivity contribution in [1.82, 2.24) is 4.90 Å². The van der Waals surface area contributed by atoms with Gasteiger partial charge in [0.2, 0.25) is 5.91 Å². The van der Waals surface area contributed by atoms with Gasteiger partial charge in [0.25, 0.3) is 0 Å². The molecule has 1 aromatic carbocycles. The Bertz CT molecular complexity index is 868. The van der Waals surface area contributed by atoms with Crippen LogP contribution < -0.4 is 4.90 Å². The number of alkyl halides is 3. The Balaban J connectivity index is 1.80. The lowest BCUT2D eigenvalue weighted by Crippen LogP contribution is -2.50. The third-order valence-corrected chi connectivity index (χ3v) is 7.34. The van der Waals surface area contributed by atoms with Gasteiger partial charge in [-0.25, -0.2) is 0 Å². The van der Waals surface area contributed by atoms with Crippen molar-refractivity contribution in [2.45, 2.75) is 46.2 Å². The van der Waals surface area contributed by atoms with E-state index in [9.17, 15) is 23.1 Å². The molecular weight excluding hydrogens is 407 g/mol. The van der Waals surface area contributed by atoms with Crippen molar-refractivity contribution in [3.8, 4) is 6.07 Å². The van der Waals surface area contributed by atoms with E-state index in [2.05, 4.69) is 0 Å². The van der Waals surface area contributed by atoms with Crippen molar-refractivity contribution in [3.63, 3.8) is 0 Å². The Hall–Kier alpha value is -2.27. The minimum atomic E-state index is -4.60. The summed E-state index contributed by atoms with van der Waals surface area (Å²) in [6, 6.07) is 5.41. The number of anilines is 1. The summed E-state index contributed by atoms with van der Waals surface area (Å²) < 4.78 is 40.2. The lowest BCUT2D eigenvalue weighted by molar-refractivity contribution is -0.143. The van der Waals surface area contributed by atoms with Crippen molar-refractivity contribution >= 4 is 11.6 Å². The van der Waals surface area contributed by atoms with Gasteiger partial charge in [0.05, 0.1) is 17.2 Å². The van der Waals surface area contributed by atoms with Crippen molar-refractivity contribution < 1.29 is 23.1 Å². The molecular formula is C23H30F3N3O2. The number of nitriles is 1. The average molecular weight is 438 g/mol. The van der Waals surface area contributed by atoms with E-state index in [1.807, 2.05) is 30.6 Å². The molecule has 1 aromatic rings. The standard InChI is InChI=1S/C23H30F3N3O2/c1-4-21(2,3)20(31)28-9-7-22(8-10-28)15-29(13-17(22)14-30)18-6-5-16(12-27)19(11-18)23(24,25)26/h5-6,11,17,30H,4,7-10,13-15H2,1-3H3. The molecule has 2 saturated heterocycles. The van der Waals surface area contributed by atoms with Crippen LogP contribution in [-0.4, -0.2) is 48.7 Å². The first kappa shape index (κ1) is 23.4. The van der Waals surface area contributed by atoms with Crippen LogP contribution in [0, 0.1) is 28.1 Å². The lowest BCUT2D eigenvalue weighted by Gasteiger charge is -2.44. The second-order valence-electron chi connectivity index (χ2n) is 9.49. The molecule has 1 N–H and O–H groups in total. The Morgan fingerprint density at radius 2 is 1.94 bits per heavy atom. The highest BCUT2D eigenvalue weighted by molar-refractivity contribution is 5.82. The fourth-order valence-corrected chi connectivity index (χ4v) is 4.84. The monoisotopic (exact) mass is 437 g/mol. The number of halogens is 3. The summed E-state index contributed by atoms with van der Waals surface area (Å²) in [6.45, 7) is 7.99. The summed E-state index contributed by atoms with van der Waals surface area (Å²) in [6.07, 6.45) is -2.43. The van der Waals surface area contributed by atoms with Crippen molar-refractivity contribution in [2.75, 3.05) is 37.7 Å². The van der Waals surface area contributed by atoms with Gasteiger partial charge in [0, 0.05) is 49.8 Å². The SMILES string of the molecule is CCC(C)(C)C(=O)N1CCC2(CC1)CN(c1ccc(C#N)c(C(F)(F)F)c1)CC2CO. The first-order valence-electron chi connectivity index (χ1n) is 10.7. The highest BCUT2D eigenvalue weighted by Gasteiger charge is 2.49. The number of hydrogen-bond acceptors (Lipinski definition) is 4. The molecule has 0 aromatic heterocycles. The maximum Gasteiger partial charge on any atom is 0.417 e. The van der Waals surface area contributed by atoms with Crippen LogP contribution >= 0.6 is 0 Å². The molecule has 31 heavy (non-hydrogen) atoms. The maximum absolute atomic E-state index is 13.4. The summed E-state index contributed by atoms with van der Waals surface area (Å²) in [5.41, 5.74) is -1.58. The van der Waals surface area contributed by atoms with E-state index < -0.39 is 22.7 Å². The first-order valence-corrected chi connectivity index (χ1v) is 10.7. The molecule has 1 spiro atoms. The zero-order chi connectivity index (χ0) is 23.0. The molecule has 1 atom stereocenters. The van der Waals surface area contributed by atoms with Crippen molar-refractivity contribution in [2.24, 2.45) is 16.7 Å². The first-order chi connectivity index (χ1) is 14.5. The van der Waals surface area contributed by atoms with E-state index in [1.165, 1.54) is 6.07 Å². The zero-order valence-corrected chi connectivity index (χ0v) is 18.3. The summed E-state index contributed by atoms with van der Waals surface area (Å²) in [7, 11) is 0.